The Morgan fingerprint density at radius 1 is 1.50 bits per heavy atom. The largest absolute Gasteiger partial charge is 0.373 e. The molecule has 2 N–H and O–H groups in total. The van der Waals surface area contributed by atoms with Crippen molar-refractivity contribution in [3.63, 3.8) is 0 Å². The molecule has 0 aliphatic carbocycles. The van der Waals surface area contributed by atoms with E-state index in [1.807, 2.05) is 7.05 Å². The second-order valence-electron chi connectivity index (χ2n) is 2.82. The third-order valence-corrected chi connectivity index (χ3v) is 2.12. The Labute approximate surface area is 71.4 Å². The maximum Gasteiger partial charge on any atom is 0.132 e. The van der Waals surface area contributed by atoms with Gasteiger partial charge in [0.15, 0.2) is 0 Å². The molecule has 0 spiro atoms. The molecule has 2 rings (SSSR count). The zero-order chi connectivity index (χ0) is 8.39. The van der Waals surface area contributed by atoms with E-state index in [1.165, 1.54) is 5.56 Å². The third-order valence-electron chi connectivity index (χ3n) is 2.12. The van der Waals surface area contributed by atoms with Crippen LogP contribution in [0.4, 0.5) is 5.82 Å². The van der Waals surface area contributed by atoms with Crippen molar-refractivity contribution < 1.29 is 0 Å². The lowest BCUT2D eigenvalue weighted by molar-refractivity contribution is 0.624. The summed E-state index contributed by atoms with van der Waals surface area (Å²) in [5, 5.41) is 6.35. The normalized spacial score (nSPS) is 15.4. The minimum atomic E-state index is 0.868. The van der Waals surface area contributed by atoms with Crippen LogP contribution in [0.3, 0.4) is 0 Å². The van der Waals surface area contributed by atoms with E-state index >= 15 is 0 Å². The van der Waals surface area contributed by atoms with Crippen molar-refractivity contribution in [2.45, 2.75) is 13.0 Å². The summed E-state index contributed by atoms with van der Waals surface area (Å²) < 4.78 is 0. The highest BCUT2D eigenvalue weighted by atomic mass is 15.0. The molecule has 0 bridgehead atoms. The van der Waals surface area contributed by atoms with Gasteiger partial charge in [-0.05, 0) is 13.0 Å². The summed E-state index contributed by atoms with van der Waals surface area (Å²) in [6.45, 7) is 1.89. The fourth-order valence-corrected chi connectivity index (χ4v) is 1.50. The van der Waals surface area contributed by atoms with Crippen LogP contribution in [-0.2, 0) is 13.0 Å². The van der Waals surface area contributed by atoms with Crippen LogP contribution in [-0.4, -0.2) is 23.6 Å². The molecule has 2 heterocycles. The molecule has 12 heavy (non-hydrogen) atoms. The molecular formula is C8H12N4. The average Bonchev–Trinajstić information content (AvgIpc) is 2.17. The summed E-state index contributed by atoms with van der Waals surface area (Å²) in [5.74, 6) is 0.974. The molecule has 0 aromatic carbocycles. The molecule has 0 radical (unpaired) electrons. The lowest BCUT2D eigenvalue weighted by atomic mass is 10.1. The quantitative estimate of drug-likeness (QED) is 0.621. The van der Waals surface area contributed by atoms with Crippen molar-refractivity contribution in [1.29, 1.82) is 0 Å². The Balaban J connectivity index is 2.44. The molecule has 0 atom stereocenters. The Hall–Kier alpha value is -1.16. The minimum absolute atomic E-state index is 0.868. The van der Waals surface area contributed by atoms with Crippen molar-refractivity contribution in [1.82, 2.24) is 15.3 Å². The monoisotopic (exact) mass is 164 g/mol. The summed E-state index contributed by atoms with van der Waals surface area (Å²) in [5.41, 5.74) is 2.39. The van der Waals surface area contributed by atoms with E-state index in [4.69, 9.17) is 0 Å². The Bertz CT molecular complexity index is 270. The summed E-state index contributed by atoms with van der Waals surface area (Å²) in [6.07, 6.45) is 2.63. The Kier molecular flexibility index (Phi) is 1.91. The summed E-state index contributed by atoms with van der Waals surface area (Å²) in [6, 6.07) is 0. The molecule has 1 aromatic heterocycles. The van der Waals surface area contributed by atoms with Gasteiger partial charge in [-0.15, -0.1) is 0 Å². The molecule has 4 nitrogen and oxygen atoms in total. The highest BCUT2D eigenvalue weighted by molar-refractivity contribution is 5.46. The molecule has 0 saturated heterocycles. The van der Waals surface area contributed by atoms with Gasteiger partial charge in [0.05, 0.1) is 5.69 Å². The van der Waals surface area contributed by atoms with Crippen molar-refractivity contribution in [2.24, 2.45) is 0 Å². The number of hydrogen-bond acceptors (Lipinski definition) is 4. The molecule has 0 amide bonds. The Morgan fingerprint density at radius 3 is 3.25 bits per heavy atom. The number of hydrogen-bond donors (Lipinski definition) is 2. The summed E-state index contributed by atoms with van der Waals surface area (Å²) >= 11 is 0. The zero-order valence-corrected chi connectivity index (χ0v) is 7.09. The van der Waals surface area contributed by atoms with Crippen LogP contribution >= 0.6 is 0 Å². The maximum absolute atomic E-state index is 4.21. The van der Waals surface area contributed by atoms with Crippen LogP contribution in [0.25, 0.3) is 0 Å². The smallest absolute Gasteiger partial charge is 0.132 e. The van der Waals surface area contributed by atoms with Gasteiger partial charge in [-0.25, -0.2) is 9.97 Å². The van der Waals surface area contributed by atoms with Crippen molar-refractivity contribution >= 4 is 5.82 Å². The van der Waals surface area contributed by atoms with Crippen molar-refractivity contribution in [3.8, 4) is 0 Å². The van der Waals surface area contributed by atoms with Crippen LogP contribution in [0.1, 0.15) is 11.3 Å². The third kappa shape index (κ3) is 1.14. The van der Waals surface area contributed by atoms with Crippen LogP contribution < -0.4 is 10.6 Å². The molecule has 0 saturated carbocycles. The molecule has 4 heteroatoms. The first kappa shape index (κ1) is 7.49. The van der Waals surface area contributed by atoms with E-state index in [-0.39, 0.29) is 0 Å². The number of fused-ring (bicyclic) bond motifs is 1. The van der Waals surface area contributed by atoms with E-state index in [9.17, 15) is 0 Å². The molecule has 1 aliphatic heterocycles. The van der Waals surface area contributed by atoms with E-state index in [0.717, 1.165) is 31.0 Å². The van der Waals surface area contributed by atoms with Gasteiger partial charge in [0.1, 0.15) is 12.1 Å². The summed E-state index contributed by atoms with van der Waals surface area (Å²) in [7, 11) is 1.89. The predicted octanol–water partition coefficient (Wildman–Crippen LogP) is 0.164. The van der Waals surface area contributed by atoms with Gasteiger partial charge in [0.25, 0.3) is 0 Å². The van der Waals surface area contributed by atoms with Crippen LogP contribution in [0.15, 0.2) is 6.33 Å². The highest BCUT2D eigenvalue weighted by Crippen LogP contribution is 2.17. The van der Waals surface area contributed by atoms with Gasteiger partial charge in [-0.1, -0.05) is 0 Å². The second kappa shape index (κ2) is 3.06. The Morgan fingerprint density at radius 2 is 2.42 bits per heavy atom. The number of aromatic nitrogens is 2. The fourth-order valence-electron chi connectivity index (χ4n) is 1.50. The second-order valence-corrected chi connectivity index (χ2v) is 2.82. The van der Waals surface area contributed by atoms with Gasteiger partial charge in [-0.2, -0.15) is 0 Å². The predicted molar refractivity (Wildman–Crippen MR) is 47.0 cm³/mol. The van der Waals surface area contributed by atoms with E-state index < -0.39 is 0 Å². The van der Waals surface area contributed by atoms with Crippen LogP contribution in [0.2, 0.25) is 0 Å². The van der Waals surface area contributed by atoms with Gasteiger partial charge in [0, 0.05) is 19.2 Å². The van der Waals surface area contributed by atoms with Gasteiger partial charge >= 0.3 is 0 Å². The van der Waals surface area contributed by atoms with Crippen LogP contribution in [0, 0.1) is 0 Å². The van der Waals surface area contributed by atoms with Gasteiger partial charge in [0.2, 0.25) is 0 Å². The first-order valence-corrected chi connectivity index (χ1v) is 4.13. The number of rotatable bonds is 1. The molecule has 1 aliphatic rings. The average molecular weight is 164 g/mol. The molecule has 0 unspecified atom stereocenters. The standard InChI is InChI=1S/C8H12N4/c1-9-8-6-2-3-10-4-7(6)11-5-12-8/h5,10H,2-4H2,1H3,(H,9,11,12). The topological polar surface area (TPSA) is 49.8 Å². The van der Waals surface area contributed by atoms with Crippen LogP contribution in [0.5, 0.6) is 0 Å². The van der Waals surface area contributed by atoms with E-state index in [1.54, 1.807) is 6.33 Å². The molecule has 64 valence electrons. The molecule has 0 fully saturated rings. The van der Waals surface area contributed by atoms with Crippen molar-refractivity contribution in [3.05, 3.63) is 17.6 Å². The van der Waals surface area contributed by atoms with Crippen molar-refractivity contribution in [2.75, 3.05) is 18.9 Å². The fraction of sp³-hybridized carbons (Fsp3) is 0.500. The van der Waals surface area contributed by atoms with Gasteiger partial charge < -0.3 is 10.6 Å². The SMILES string of the molecule is CNc1ncnc2c1CCNC2. The van der Waals surface area contributed by atoms with E-state index in [0.29, 0.717) is 0 Å². The molecule has 1 aromatic rings. The molecular weight excluding hydrogens is 152 g/mol. The maximum atomic E-state index is 4.21. The number of nitrogens with one attached hydrogen (secondary N) is 2. The number of nitrogens with zero attached hydrogens (tertiary/aromatic N) is 2. The number of anilines is 1. The zero-order valence-electron chi connectivity index (χ0n) is 7.09. The summed E-state index contributed by atoms with van der Waals surface area (Å²) in [4.78, 5) is 8.37. The van der Waals surface area contributed by atoms with Gasteiger partial charge in [-0.3, -0.25) is 0 Å². The highest BCUT2D eigenvalue weighted by Gasteiger charge is 2.13. The first-order valence-electron chi connectivity index (χ1n) is 4.13. The first-order chi connectivity index (χ1) is 5.92. The lowest BCUT2D eigenvalue weighted by Gasteiger charge is -2.17. The lowest BCUT2D eigenvalue weighted by Crippen LogP contribution is -2.25. The minimum Gasteiger partial charge on any atom is -0.373 e. The van der Waals surface area contributed by atoms with E-state index in [2.05, 4.69) is 20.6 Å².